The minimum absolute atomic E-state index is 0.250. The molecule has 0 fully saturated rings. The average molecular weight is 273 g/mol. The number of carboxylic acid groups (broad SMARTS) is 1. The molecule has 0 aliphatic heterocycles. The van der Waals surface area contributed by atoms with Crippen molar-refractivity contribution in [1.29, 1.82) is 0 Å². The molecule has 0 aliphatic carbocycles. The van der Waals surface area contributed by atoms with E-state index >= 15 is 0 Å². The molecular formula is C16H13ClO2. The van der Waals surface area contributed by atoms with Crippen LogP contribution in [0.4, 0.5) is 0 Å². The Kier molecular flexibility index (Phi) is 4.03. The third-order valence-electron chi connectivity index (χ3n) is 2.83. The van der Waals surface area contributed by atoms with Crippen LogP contribution in [0.15, 0.2) is 55.1 Å². The number of allylic oxidation sites excluding steroid dienone is 1. The molecule has 2 rings (SSSR count). The zero-order chi connectivity index (χ0) is 13.8. The van der Waals surface area contributed by atoms with Crippen LogP contribution in [0, 0.1) is 0 Å². The highest BCUT2D eigenvalue weighted by Gasteiger charge is 2.12. The average Bonchev–Trinajstić information content (AvgIpc) is 2.39. The minimum atomic E-state index is -0.958. The van der Waals surface area contributed by atoms with Gasteiger partial charge in [-0.25, -0.2) is 4.79 Å². The zero-order valence-corrected chi connectivity index (χ0v) is 11.0. The zero-order valence-electron chi connectivity index (χ0n) is 10.3. The number of benzene rings is 2. The van der Waals surface area contributed by atoms with Crippen LogP contribution in [0.2, 0.25) is 5.02 Å². The van der Waals surface area contributed by atoms with Gasteiger partial charge in [-0.3, -0.25) is 0 Å². The number of carbonyl (C=O) groups is 1. The SMILES string of the molecule is C=CCc1cccc(-c2cc(Cl)ccc2C(=O)O)c1. The summed E-state index contributed by atoms with van der Waals surface area (Å²) in [6.45, 7) is 3.70. The Bertz CT molecular complexity index is 632. The van der Waals surface area contributed by atoms with E-state index in [1.165, 1.54) is 6.07 Å². The molecule has 2 nitrogen and oxygen atoms in total. The number of hydrogen-bond donors (Lipinski definition) is 1. The van der Waals surface area contributed by atoms with Crippen molar-refractivity contribution in [2.24, 2.45) is 0 Å². The van der Waals surface area contributed by atoms with Gasteiger partial charge in [0, 0.05) is 5.02 Å². The maximum Gasteiger partial charge on any atom is 0.336 e. The van der Waals surface area contributed by atoms with Crippen molar-refractivity contribution in [2.75, 3.05) is 0 Å². The number of hydrogen-bond acceptors (Lipinski definition) is 1. The molecule has 2 aromatic rings. The van der Waals surface area contributed by atoms with Crippen LogP contribution in [-0.2, 0) is 6.42 Å². The maximum atomic E-state index is 11.3. The Morgan fingerprint density at radius 2 is 2.05 bits per heavy atom. The Labute approximate surface area is 117 Å². The topological polar surface area (TPSA) is 37.3 Å². The maximum absolute atomic E-state index is 11.3. The van der Waals surface area contributed by atoms with Gasteiger partial charge in [-0.05, 0) is 41.3 Å². The molecule has 0 aromatic heterocycles. The molecule has 2 aromatic carbocycles. The summed E-state index contributed by atoms with van der Waals surface area (Å²) < 4.78 is 0. The number of rotatable bonds is 4. The summed E-state index contributed by atoms with van der Waals surface area (Å²) in [5.41, 5.74) is 2.81. The van der Waals surface area contributed by atoms with Gasteiger partial charge in [0.2, 0.25) is 0 Å². The molecule has 0 bridgehead atoms. The quantitative estimate of drug-likeness (QED) is 0.836. The molecule has 96 valence electrons. The van der Waals surface area contributed by atoms with E-state index in [1.807, 2.05) is 30.3 Å². The highest BCUT2D eigenvalue weighted by molar-refractivity contribution is 6.31. The van der Waals surface area contributed by atoms with Crippen LogP contribution < -0.4 is 0 Å². The number of aromatic carboxylic acids is 1. The Hall–Kier alpha value is -2.06. The van der Waals surface area contributed by atoms with Crippen LogP contribution in [0.1, 0.15) is 15.9 Å². The first-order valence-electron chi connectivity index (χ1n) is 5.85. The van der Waals surface area contributed by atoms with Crippen LogP contribution in [0.25, 0.3) is 11.1 Å². The lowest BCUT2D eigenvalue weighted by atomic mass is 9.97. The summed E-state index contributed by atoms with van der Waals surface area (Å²) >= 11 is 5.96. The summed E-state index contributed by atoms with van der Waals surface area (Å²) in [6, 6.07) is 12.5. The van der Waals surface area contributed by atoms with E-state index in [0.29, 0.717) is 10.6 Å². The van der Waals surface area contributed by atoms with Crippen molar-refractivity contribution in [3.05, 3.63) is 71.3 Å². The summed E-state index contributed by atoms with van der Waals surface area (Å²) in [5.74, 6) is -0.958. The van der Waals surface area contributed by atoms with E-state index in [4.69, 9.17) is 11.6 Å². The monoisotopic (exact) mass is 272 g/mol. The first-order chi connectivity index (χ1) is 9.11. The lowest BCUT2D eigenvalue weighted by Crippen LogP contribution is -1.99. The van der Waals surface area contributed by atoms with Crippen molar-refractivity contribution < 1.29 is 9.90 Å². The second kappa shape index (κ2) is 5.72. The highest BCUT2D eigenvalue weighted by Crippen LogP contribution is 2.28. The van der Waals surface area contributed by atoms with Crippen molar-refractivity contribution in [2.45, 2.75) is 6.42 Å². The highest BCUT2D eigenvalue weighted by atomic mass is 35.5. The second-order valence-electron chi connectivity index (χ2n) is 4.19. The molecular weight excluding hydrogens is 260 g/mol. The third-order valence-corrected chi connectivity index (χ3v) is 3.07. The lowest BCUT2D eigenvalue weighted by Gasteiger charge is -2.08. The van der Waals surface area contributed by atoms with Crippen molar-refractivity contribution in [1.82, 2.24) is 0 Å². The van der Waals surface area contributed by atoms with Gasteiger partial charge in [-0.2, -0.15) is 0 Å². The number of halogens is 1. The van der Waals surface area contributed by atoms with Crippen molar-refractivity contribution in [3.63, 3.8) is 0 Å². The Morgan fingerprint density at radius 1 is 1.26 bits per heavy atom. The molecule has 19 heavy (non-hydrogen) atoms. The predicted octanol–water partition coefficient (Wildman–Crippen LogP) is 4.43. The molecule has 0 radical (unpaired) electrons. The smallest absolute Gasteiger partial charge is 0.336 e. The van der Waals surface area contributed by atoms with E-state index in [0.717, 1.165) is 17.5 Å². The second-order valence-corrected chi connectivity index (χ2v) is 4.62. The molecule has 0 heterocycles. The molecule has 0 amide bonds. The van der Waals surface area contributed by atoms with Crippen LogP contribution in [0.5, 0.6) is 0 Å². The van der Waals surface area contributed by atoms with Gasteiger partial charge in [0.05, 0.1) is 5.56 Å². The molecule has 1 N–H and O–H groups in total. The van der Waals surface area contributed by atoms with Crippen molar-refractivity contribution >= 4 is 17.6 Å². The molecule has 0 spiro atoms. The lowest BCUT2D eigenvalue weighted by molar-refractivity contribution is 0.0698. The summed E-state index contributed by atoms with van der Waals surface area (Å²) in [4.78, 5) is 11.3. The first-order valence-corrected chi connectivity index (χ1v) is 6.22. The predicted molar refractivity (Wildman–Crippen MR) is 77.7 cm³/mol. The van der Waals surface area contributed by atoms with E-state index in [-0.39, 0.29) is 5.56 Å². The Balaban J connectivity index is 2.57. The molecule has 0 aliphatic rings. The Morgan fingerprint density at radius 3 is 2.74 bits per heavy atom. The van der Waals surface area contributed by atoms with Gasteiger partial charge >= 0.3 is 5.97 Å². The van der Waals surface area contributed by atoms with Gasteiger partial charge in [-0.15, -0.1) is 6.58 Å². The third kappa shape index (κ3) is 3.04. The largest absolute Gasteiger partial charge is 0.478 e. The van der Waals surface area contributed by atoms with E-state index in [1.54, 1.807) is 12.1 Å². The molecule has 0 unspecified atom stereocenters. The molecule has 0 saturated heterocycles. The van der Waals surface area contributed by atoms with Crippen LogP contribution in [0.3, 0.4) is 0 Å². The van der Waals surface area contributed by atoms with Gasteiger partial charge in [0.1, 0.15) is 0 Å². The van der Waals surface area contributed by atoms with Gasteiger partial charge < -0.3 is 5.11 Å². The van der Waals surface area contributed by atoms with Crippen molar-refractivity contribution in [3.8, 4) is 11.1 Å². The van der Waals surface area contributed by atoms with E-state index in [2.05, 4.69) is 6.58 Å². The van der Waals surface area contributed by atoms with E-state index in [9.17, 15) is 9.90 Å². The molecule has 0 saturated carbocycles. The fraction of sp³-hybridized carbons (Fsp3) is 0.0625. The standard InChI is InChI=1S/C16H13ClO2/c1-2-4-11-5-3-6-12(9-11)15-10-13(17)7-8-14(15)16(18)19/h2-3,5-10H,1,4H2,(H,18,19). The first kappa shape index (κ1) is 13.4. The van der Waals surface area contributed by atoms with Gasteiger partial charge in [0.25, 0.3) is 0 Å². The molecule has 3 heteroatoms. The van der Waals surface area contributed by atoms with Crippen LogP contribution >= 0.6 is 11.6 Å². The van der Waals surface area contributed by atoms with E-state index < -0.39 is 5.97 Å². The number of carboxylic acids is 1. The summed E-state index contributed by atoms with van der Waals surface area (Å²) in [5, 5.41) is 9.75. The fourth-order valence-electron chi connectivity index (χ4n) is 1.97. The minimum Gasteiger partial charge on any atom is -0.478 e. The molecule has 0 atom stereocenters. The summed E-state index contributed by atoms with van der Waals surface area (Å²) in [6.07, 6.45) is 2.56. The van der Waals surface area contributed by atoms with Gasteiger partial charge in [-0.1, -0.05) is 41.9 Å². The van der Waals surface area contributed by atoms with Gasteiger partial charge in [0.15, 0.2) is 0 Å². The summed E-state index contributed by atoms with van der Waals surface area (Å²) in [7, 11) is 0. The normalized spacial score (nSPS) is 10.2. The fourth-order valence-corrected chi connectivity index (χ4v) is 2.15. The van der Waals surface area contributed by atoms with Crippen LogP contribution in [-0.4, -0.2) is 11.1 Å².